The monoisotopic (exact) mass is 334 g/mol. The highest BCUT2D eigenvalue weighted by molar-refractivity contribution is 6.03. The first-order valence-electron chi connectivity index (χ1n) is 8.91. The molecule has 24 heavy (non-hydrogen) atoms. The summed E-state index contributed by atoms with van der Waals surface area (Å²) in [4.78, 5) is 23.1. The number of carbonyl (C=O) groups is 2. The molecule has 0 aliphatic heterocycles. The van der Waals surface area contributed by atoms with Crippen molar-refractivity contribution in [3.8, 4) is 0 Å². The third-order valence-corrected chi connectivity index (χ3v) is 4.64. The van der Waals surface area contributed by atoms with Gasteiger partial charge in [0.05, 0.1) is 11.1 Å². The Kier molecular flexibility index (Phi) is 7.96. The minimum atomic E-state index is -1.18. The van der Waals surface area contributed by atoms with Crippen molar-refractivity contribution in [2.24, 2.45) is 5.92 Å². The zero-order valence-corrected chi connectivity index (χ0v) is 15.3. The van der Waals surface area contributed by atoms with E-state index in [9.17, 15) is 19.8 Å². The lowest BCUT2D eigenvalue weighted by Crippen LogP contribution is -2.15. The fourth-order valence-corrected chi connectivity index (χ4v) is 3.07. The Labute approximate surface area is 144 Å². The second kappa shape index (κ2) is 9.45. The smallest absolute Gasteiger partial charge is 0.336 e. The Bertz CT molecular complexity index is 575. The van der Waals surface area contributed by atoms with E-state index in [2.05, 4.69) is 27.7 Å². The maximum atomic E-state index is 11.7. The molecule has 0 radical (unpaired) electrons. The second-order valence-electron chi connectivity index (χ2n) is 6.97. The number of benzene rings is 1. The minimum absolute atomic E-state index is 0.0239. The third-order valence-electron chi connectivity index (χ3n) is 4.64. The van der Waals surface area contributed by atoms with Gasteiger partial charge in [0.15, 0.2) is 0 Å². The molecule has 0 saturated carbocycles. The molecular formula is C20H30O4. The topological polar surface area (TPSA) is 74.6 Å². The van der Waals surface area contributed by atoms with E-state index in [0.717, 1.165) is 31.2 Å². The molecule has 0 aliphatic rings. The van der Waals surface area contributed by atoms with E-state index in [0.29, 0.717) is 17.9 Å². The van der Waals surface area contributed by atoms with E-state index in [1.54, 1.807) is 6.07 Å². The van der Waals surface area contributed by atoms with Gasteiger partial charge < -0.3 is 10.2 Å². The van der Waals surface area contributed by atoms with Crippen LogP contribution in [-0.4, -0.2) is 22.2 Å². The summed E-state index contributed by atoms with van der Waals surface area (Å²) < 4.78 is 0. The number of unbranched alkanes of at least 4 members (excludes halogenated alkanes) is 2. The van der Waals surface area contributed by atoms with Crippen molar-refractivity contribution in [1.82, 2.24) is 0 Å². The van der Waals surface area contributed by atoms with Crippen LogP contribution in [-0.2, 0) is 6.42 Å². The minimum Gasteiger partial charge on any atom is -0.478 e. The van der Waals surface area contributed by atoms with Crippen molar-refractivity contribution >= 4 is 11.9 Å². The molecular weight excluding hydrogens is 304 g/mol. The molecule has 0 amide bonds. The van der Waals surface area contributed by atoms with Gasteiger partial charge in [-0.25, -0.2) is 9.59 Å². The Balaban J connectivity index is 3.13. The van der Waals surface area contributed by atoms with E-state index in [1.807, 2.05) is 0 Å². The Morgan fingerprint density at radius 1 is 1.00 bits per heavy atom. The van der Waals surface area contributed by atoms with E-state index in [-0.39, 0.29) is 17.0 Å². The van der Waals surface area contributed by atoms with E-state index >= 15 is 0 Å². The molecule has 4 heteroatoms. The van der Waals surface area contributed by atoms with Crippen molar-refractivity contribution in [2.45, 2.75) is 72.1 Å². The summed E-state index contributed by atoms with van der Waals surface area (Å²) in [7, 11) is 0. The van der Waals surface area contributed by atoms with Gasteiger partial charge in [0.2, 0.25) is 0 Å². The van der Waals surface area contributed by atoms with Gasteiger partial charge in [0, 0.05) is 0 Å². The summed E-state index contributed by atoms with van der Waals surface area (Å²) in [6, 6.07) is 3.24. The summed E-state index contributed by atoms with van der Waals surface area (Å²) in [6.07, 6.45) is 5.73. The average molecular weight is 334 g/mol. The Hall–Kier alpha value is -1.84. The first-order valence-corrected chi connectivity index (χ1v) is 8.91. The van der Waals surface area contributed by atoms with Crippen LogP contribution in [0.4, 0.5) is 0 Å². The van der Waals surface area contributed by atoms with Crippen molar-refractivity contribution in [3.63, 3.8) is 0 Å². The molecule has 1 rings (SSSR count). The van der Waals surface area contributed by atoms with Crippen LogP contribution < -0.4 is 0 Å². The predicted octanol–water partition coefficient (Wildman–Crippen LogP) is 5.36. The van der Waals surface area contributed by atoms with E-state index in [1.165, 1.54) is 12.5 Å². The third kappa shape index (κ3) is 5.36. The van der Waals surface area contributed by atoms with Crippen LogP contribution in [0.3, 0.4) is 0 Å². The molecule has 0 saturated heterocycles. The molecule has 134 valence electrons. The van der Waals surface area contributed by atoms with Crippen LogP contribution in [0.5, 0.6) is 0 Å². The van der Waals surface area contributed by atoms with Crippen molar-refractivity contribution in [1.29, 1.82) is 0 Å². The van der Waals surface area contributed by atoms with Crippen LogP contribution in [0, 0.1) is 5.92 Å². The van der Waals surface area contributed by atoms with Crippen molar-refractivity contribution in [3.05, 3.63) is 34.4 Å². The fraction of sp³-hybridized carbons (Fsp3) is 0.600. The second-order valence-corrected chi connectivity index (χ2v) is 6.97. The number of hydrogen-bond donors (Lipinski definition) is 2. The van der Waals surface area contributed by atoms with Gasteiger partial charge in [0.25, 0.3) is 0 Å². The molecule has 0 aliphatic carbocycles. The number of rotatable bonds is 10. The van der Waals surface area contributed by atoms with Crippen LogP contribution in [0.25, 0.3) is 0 Å². The molecule has 0 spiro atoms. The van der Waals surface area contributed by atoms with Crippen LogP contribution in [0.1, 0.15) is 97.6 Å². The van der Waals surface area contributed by atoms with Crippen molar-refractivity contribution < 1.29 is 19.8 Å². The van der Waals surface area contributed by atoms with Crippen LogP contribution >= 0.6 is 0 Å². The Morgan fingerprint density at radius 2 is 1.67 bits per heavy atom. The molecule has 0 heterocycles. The van der Waals surface area contributed by atoms with Gasteiger partial charge in [-0.05, 0) is 48.3 Å². The van der Waals surface area contributed by atoms with Crippen LogP contribution in [0.15, 0.2) is 12.1 Å². The maximum Gasteiger partial charge on any atom is 0.336 e. The predicted molar refractivity (Wildman–Crippen MR) is 96.1 cm³/mol. The summed E-state index contributed by atoms with van der Waals surface area (Å²) >= 11 is 0. The van der Waals surface area contributed by atoms with Gasteiger partial charge in [-0.15, -0.1) is 0 Å². The van der Waals surface area contributed by atoms with Gasteiger partial charge in [-0.2, -0.15) is 0 Å². The number of carboxylic acids is 2. The lowest BCUT2D eigenvalue weighted by molar-refractivity contribution is 0.0650. The van der Waals surface area contributed by atoms with Gasteiger partial charge in [-0.3, -0.25) is 0 Å². The Morgan fingerprint density at radius 3 is 2.17 bits per heavy atom. The number of carboxylic acid groups (broad SMARTS) is 2. The fourth-order valence-electron chi connectivity index (χ4n) is 3.07. The number of hydrogen-bond acceptors (Lipinski definition) is 2. The molecule has 1 atom stereocenters. The molecule has 0 aromatic heterocycles. The molecule has 4 nitrogen and oxygen atoms in total. The van der Waals surface area contributed by atoms with E-state index in [4.69, 9.17) is 0 Å². The van der Waals surface area contributed by atoms with Gasteiger partial charge in [-0.1, -0.05) is 53.0 Å². The molecule has 1 unspecified atom stereocenters. The van der Waals surface area contributed by atoms with Crippen molar-refractivity contribution in [2.75, 3.05) is 0 Å². The van der Waals surface area contributed by atoms with E-state index < -0.39 is 11.9 Å². The summed E-state index contributed by atoms with van der Waals surface area (Å²) in [5.74, 6) is -1.43. The highest BCUT2D eigenvalue weighted by Gasteiger charge is 2.24. The highest BCUT2D eigenvalue weighted by Crippen LogP contribution is 2.29. The summed E-state index contributed by atoms with van der Waals surface area (Å²) in [6.45, 7) is 8.51. The molecule has 0 bridgehead atoms. The highest BCUT2D eigenvalue weighted by atomic mass is 16.4. The van der Waals surface area contributed by atoms with Gasteiger partial charge >= 0.3 is 11.9 Å². The normalized spacial score (nSPS) is 12.4. The zero-order chi connectivity index (χ0) is 18.3. The standard InChI is InChI=1S/C20H30O4/c1-5-14(4)15-11-12-17(19(21)22)18(20(23)24)16(15)10-8-6-7-9-13(2)3/h11-14H,5-10H2,1-4H3,(H,21,22)(H,23,24). The maximum absolute atomic E-state index is 11.7. The SMILES string of the molecule is CCC(C)c1ccc(C(=O)O)c(C(=O)O)c1CCCCCC(C)C. The largest absolute Gasteiger partial charge is 0.478 e. The van der Waals surface area contributed by atoms with Gasteiger partial charge in [0.1, 0.15) is 0 Å². The quantitative estimate of drug-likeness (QED) is 0.565. The zero-order valence-electron chi connectivity index (χ0n) is 15.3. The average Bonchev–Trinajstić information content (AvgIpc) is 2.52. The molecule has 1 aromatic carbocycles. The molecule has 2 N–H and O–H groups in total. The molecule has 1 aromatic rings. The summed E-state index contributed by atoms with van der Waals surface area (Å²) in [5, 5.41) is 18.9. The lowest BCUT2D eigenvalue weighted by atomic mass is 9.85. The van der Waals surface area contributed by atoms with Crippen LogP contribution in [0.2, 0.25) is 0 Å². The first-order chi connectivity index (χ1) is 11.3. The number of aromatic carboxylic acids is 2. The molecule has 0 fully saturated rings. The summed E-state index contributed by atoms with van der Waals surface area (Å²) in [5.41, 5.74) is 1.56. The lowest BCUT2D eigenvalue weighted by Gasteiger charge is -2.19. The first kappa shape index (κ1) is 20.2.